The Hall–Kier alpha value is -1.49. The molecule has 1 N–H and O–H groups in total. The van der Waals surface area contributed by atoms with Gasteiger partial charge in [-0.05, 0) is 40.0 Å². The zero-order valence-corrected chi connectivity index (χ0v) is 11.7. The Bertz CT molecular complexity index is 470. The molecule has 0 bridgehead atoms. The van der Waals surface area contributed by atoms with Crippen LogP contribution in [0.4, 0.5) is 0 Å². The maximum absolute atomic E-state index is 10.8. The Kier molecular flexibility index (Phi) is 3.85. The number of nitrogens with zero attached hydrogens (tertiary/aromatic N) is 2. The number of ether oxygens (including phenoxy) is 1. The predicted molar refractivity (Wildman–Crippen MR) is 70.0 cm³/mol. The van der Waals surface area contributed by atoms with Crippen LogP contribution < -0.4 is 0 Å². The van der Waals surface area contributed by atoms with E-state index in [0.717, 1.165) is 37.3 Å². The van der Waals surface area contributed by atoms with Crippen molar-refractivity contribution in [2.45, 2.75) is 52.1 Å². The molecule has 0 amide bonds. The summed E-state index contributed by atoms with van der Waals surface area (Å²) in [6.07, 6.45) is 3.05. The van der Waals surface area contributed by atoms with Gasteiger partial charge in [0.2, 0.25) is 0 Å². The van der Waals surface area contributed by atoms with Crippen LogP contribution in [0.5, 0.6) is 0 Å². The number of rotatable bonds is 3. The van der Waals surface area contributed by atoms with Crippen molar-refractivity contribution in [1.82, 2.24) is 9.97 Å². The minimum absolute atomic E-state index is 0.0322. The number of carboxylic acids is 1. The first-order chi connectivity index (χ1) is 8.92. The van der Waals surface area contributed by atoms with Gasteiger partial charge in [-0.1, -0.05) is 0 Å². The molecule has 1 unspecified atom stereocenters. The number of aliphatic carboxylic acids is 1. The number of hydrogen-bond donors (Lipinski definition) is 1. The molecule has 1 aliphatic heterocycles. The molecular weight excluding hydrogens is 244 g/mol. The standard InChI is InChI=1S/C14H20N2O3/c1-9-11(8-12(17)18)10(2)16-13(15-9)14(3)6-4-5-7-19-14/h4-8H2,1-3H3,(H,17,18). The molecule has 0 radical (unpaired) electrons. The monoisotopic (exact) mass is 264 g/mol. The van der Waals surface area contributed by atoms with Gasteiger partial charge in [0.1, 0.15) is 5.60 Å². The van der Waals surface area contributed by atoms with Crippen LogP contribution in [0.1, 0.15) is 49.0 Å². The highest BCUT2D eigenvalue weighted by Crippen LogP contribution is 2.33. The second-order valence-electron chi connectivity index (χ2n) is 5.30. The molecule has 1 aromatic rings. The van der Waals surface area contributed by atoms with Gasteiger partial charge in [0.25, 0.3) is 0 Å². The fourth-order valence-corrected chi connectivity index (χ4v) is 2.49. The van der Waals surface area contributed by atoms with Crippen LogP contribution in [0.2, 0.25) is 0 Å². The van der Waals surface area contributed by atoms with Crippen molar-refractivity contribution in [3.63, 3.8) is 0 Å². The zero-order valence-electron chi connectivity index (χ0n) is 11.7. The van der Waals surface area contributed by atoms with E-state index in [-0.39, 0.29) is 6.42 Å². The van der Waals surface area contributed by atoms with Gasteiger partial charge >= 0.3 is 5.97 Å². The third-order valence-electron chi connectivity index (χ3n) is 3.69. The molecule has 5 nitrogen and oxygen atoms in total. The summed E-state index contributed by atoms with van der Waals surface area (Å²) in [6, 6.07) is 0. The van der Waals surface area contributed by atoms with Gasteiger partial charge in [-0.3, -0.25) is 4.79 Å². The SMILES string of the molecule is Cc1nc(C2(C)CCCCO2)nc(C)c1CC(=O)O. The summed E-state index contributed by atoms with van der Waals surface area (Å²) in [4.78, 5) is 19.8. The molecule has 1 fully saturated rings. The quantitative estimate of drug-likeness (QED) is 0.905. The van der Waals surface area contributed by atoms with Crippen LogP contribution in [0.3, 0.4) is 0 Å². The fourth-order valence-electron chi connectivity index (χ4n) is 2.49. The van der Waals surface area contributed by atoms with Crippen molar-refractivity contribution in [2.24, 2.45) is 0 Å². The van der Waals surface area contributed by atoms with Crippen molar-refractivity contribution in [2.75, 3.05) is 6.61 Å². The predicted octanol–water partition coefficient (Wildman–Crippen LogP) is 2.14. The fraction of sp³-hybridized carbons (Fsp3) is 0.643. The van der Waals surface area contributed by atoms with Gasteiger partial charge in [-0.25, -0.2) is 9.97 Å². The summed E-state index contributed by atoms with van der Waals surface area (Å²) in [5.74, 6) is -0.181. The van der Waals surface area contributed by atoms with Crippen molar-refractivity contribution in [1.29, 1.82) is 0 Å². The lowest BCUT2D eigenvalue weighted by Crippen LogP contribution is -2.33. The molecule has 1 aromatic heterocycles. The number of carbonyl (C=O) groups is 1. The highest BCUT2D eigenvalue weighted by Gasteiger charge is 2.33. The van der Waals surface area contributed by atoms with Crippen LogP contribution >= 0.6 is 0 Å². The van der Waals surface area contributed by atoms with E-state index in [9.17, 15) is 4.79 Å². The molecule has 0 saturated carbocycles. The lowest BCUT2D eigenvalue weighted by atomic mass is 9.94. The number of carboxylic acid groups (broad SMARTS) is 1. The Morgan fingerprint density at radius 1 is 1.32 bits per heavy atom. The van der Waals surface area contributed by atoms with Crippen LogP contribution in [0.25, 0.3) is 0 Å². The highest BCUT2D eigenvalue weighted by atomic mass is 16.5. The Morgan fingerprint density at radius 2 is 1.95 bits per heavy atom. The van der Waals surface area contributed by atoms with Gasteiger partial charge in [0.05, 0.1) is 6.42 Å². The van der Waals surface area contributed by atoms with Crippen LogP contribution in [-0.2, 0) is 21.6 Å². The summed E-state index contributed by atoms with van der Waals surface area (Å²) < 4.78 is 5.84. The third kappa shape index (κ3) is 2.92. The normalized spacial score (nSPS) is 23.3. The van der Waals surface area contributed by atoms with Crippen LogP contribution in [-0.4, -0.2) is 27.7 Å². The lowest BCUT2D eigenvalue weighted by Gasteiger charge is -2.32. The topological polar surface area (TPSA) is 72.3 Å². The Balaban J connectivity index is 2.36. The summed E-state index contributed by atoms with van der Waals surface area (Å²) in [6.45, 7) is 6.41. The molecule has 2 heterocycles. The van der Waals surface area contributed by atoms with Crippen molar-refractivity contribution < 1.29 is 14.6 Å². The second-order valence-corrected chi connectivity index (χ2v) is 5.30. The number of aryl methyl sites for hydroxylation is 2. The molecule has 0 spiro atoms. The molecular formula is C14H20N2O3. The lowest BCUT2D eigenvalue weighted by molar-refractivity contribution is -0.136. The third-order valence-corrected chi connectivity index (χ3v) is 3.69. The van der Waals surface area contributed by atoms with Gasteiger partial charge in [0.15, 0.2) is 5.82 Å². The van der Waals surface area contributed by atoms with Crippen molar-refractivity contribution >= 4 is 5.97 Å². The van der Waals surface area contributed by atoms with E-state index in [1.807, 2.05) is 20.8 Å². The molecule has 1 aliphatic rings. The first kappa shape index (κ1) is 13.9. The van der Waals surface area contributed by atoms with E-state index >= 15 is 0 Å². The molecule has 104 valence electrons. The van der Waals surface area contributed by atoms with Crippen molar-refractivity contribution in [3.8, 4) is 0 Å². The van der Waals surface area contributed by atoms with Crippen molar-refractivity contribution in [3.05, 3.63) is 22.8 Å². The maximum atomic E-state index is 10.8. The second kappa shape index (κ2) is 5.25. The minimum Gasteiger partial charge on any atom is -0.481 e. The Morgan fingerprint density at radius 3 is 2.42 bits per heavy atom. The van der Waals surface area contributed by atoms with Gasteiger partial charge in [0, 0.05) is 23.6 Å². The van der Waals surface area contributed by atoms with E-state index in [4.69, 9.17) is 9.84 Å². The van der Waals surface area contributed by atoms with E-state index in [1.165, 1.54) is 0 Å². The molecule has 1 atom stereocenters. The first-order valence-electron chi connectivity index (χ1n) is 6.63. The largest absolute Gasteiger partial charge is 0.481 e. The molecule has 0 aromatic carbocycles. The molecule has 2 rings (SSSR count). The van der Waals surface area contributed by atoms with Crippen LogP contribution in [0, 0.1) is 13.8 Å². The molecule has 19 heavy (non-hydrogen) atoms. The zero-order chi connectivity index (χ0) is 14.0. The number of aromatic nitrogens is 2. The smallest absolute Gasteiger partial charge is 0.307 e. The van der Waals surface area contributed by atoms with E-state index in [0.29, 0.717) is 11.4 Å². The number of hydrogen-bond acceptors (Lipinski definition) is 4. The van der Waals surface area contributed by atoms with Gasteiger partial charge in [-0.2, -0.15) is 0 Å². The van der Waals surface area contributed by atoms with Crippen LogP contribution in [0.15, 0.2) is 0 Å². The summed E-state index contributed by atoms with van der Waals surface area (Å²) in [5, 5.41) is 8.90. The highest BCUT2D eigenvalue weighted by molar-refractivity contribution is 5.70. The van der Waals surface area contributed by atoms with E-state index in [2.05, 4.69) is 9.97 Å². The first-order valence-corrected chi connectivity index (χ1v) is 6.63. The molecule has 1 saturated heterocycles. The maximum Gasteiger partial charge on any atom is 0.307 e. The average molecular weight is 264 g/mol. The Labute approximate surface area is 113 Å². The van der Waals surface area contributed by atoms with E-state index < -0.39 is 11.6 Å². The molecule has 0 aliphatic carbocycles. The van der Waals surface area contributed by atoms with Gasteiger partial charge < -0.3 is 9.84 Å². The summed E-state index contributed by atoms with van der Waals surface area (Å²) >= 11 is 0. The minimum atomic E-state index is -0.859. The summed E-state index contributed by atoms with van der Waals surface area (Å²) in [7, 11) is 0. The average Bonchev–Trinajstić information content (AvgIpc) is 2.34. The molecule has 5 heteroatoms. The summed E-state index contributed by atoms with van der Waals surface area (Å²) in [5.41, 5.74) is 1.74. The van der Waals surface area contributed by atoms with Gasteiger partial charge in [-0.15, -0.1) is 0 Å². The van der Waals surface area contributed by atoms with E-state index in [1.54, 1.807) is 0 Å².